The lowest BCUT2D eigenvalue weighted by molar-refractivity contribution is 0.0726. The van der Waals surface area contributed by atoms with E-state index in [9.17, 15) is 4.79 Å². The average Bonchev–Trinajstić information content (AvgIpc) is 2.94. The second-order valence-electron chi connectivity index (χ2n) is 5.97. The normalized spacial score (nSPS) is 11.0. The SMILES string of the molecule is COc1c(Cl)cc(Cl)cc1C(=O)N(CCN(C)C)Cc1nc[nH]c1C. The number of nitrogens with one attached hydrogen (secondary N) is 1. The van der Waals surface area contributed by atoms with Gasteiger partial charge in [-0.15, -0.1) is 0 Å². The third-order valence-electron chi connectivity index (χ3n) is 3.82. The summed E-state index contributed by atoms with van der Waals surface area (Å²) in [5.74, 6) is 0.121. The number of aromatic nitrogens is 2. The molecule has 0 radical (unpaired) electrons. The van der Waals surface area contributed by atoms with Crippen LogP contribution in [0.3, 0.4) is 0 Å². The number of ether oxygens (including phenoxy) is 1. The minimum Gasteiger partial charge on any atom is -0.494 e. The number of carbonyl (C=O) groups excluding carboxylic acids is 1. The topological polar surface area (TPSA) is 61.5 Å². The van der Waals surface area contributed by atoms with Crippen LogP contribution in [0, 0.1) is 6.92 Å². The lowest BCUT2D eigenvalue weighted by Gasteiger charge is -2.25. The first-order valence-corrected chi connectivity index (χ1v) is 8.55. The Morgan fingerprint density at radius 2 is 2.00 bits per heavy atom. The van der Waals surface area contributed by atoms with Crippen LogP contribution in [0.15, 0.2) is 18.5 Å². The van der Waals surface area contributed by atoms with E-state index in [4.69, 9.17) is 27.9 Å². The molecule has 1 N–H and O–H groups in total. The number of amides is 1. The molecule has 0 aliphatic heterocycles. The van der Waals surface area contributed by atoms with E-state index in [2.05, 4.69) is 9.97 Å². The molecule has 0 fully saturated rings. The summed E-state index contributed by atoms with van der Waals surface area (Å²) in [6, 6.07) is 3.13. The van der Waals surface area contributed by atoms with Gasteiger partial charge in [0.25, 0.3) is 5.91 Å². The number of rotatable bonds is 7. The second kappa shape index (κ2) is 8.56. The molecule has 136 valence electrons. The van der Waals surface area contributed by atoms with Crippen LogP contribution in [0.5, 0.6) is 5.75 Å². The third-order valence-corrected chi connectivity index (χ3v) is 4.32. The number of carbonyl (C=O) groups is 1. The number of benzene rings is 1. The summed E-state index contributed by atoms with van der Waals surface area (Å²) in [5.41, 5.74) is 2.09. The molecule has 0 saturated heterocycles. The van der Waals surface area contributed by atoms with E-state index >= 15 is 0 Å². The zero-order valence-electron chi connectivity index (χ0n) is 14.8. The monoisotopic (exact) mass is 384 g/mol. The summed E-state index contributed by atoms with van der Waals surface area (Å²) in [5, 5.41) is 0.694. The summed E-state index contributed by atoms with van der Waals surface area (Å²) >= 11 is 12.3. The second-order valence-corrected chi connectivity index (χ2v) is 6.82. The number of hydrogen-bond acceptors (Lipinski definition) is 4. The molecule has 2 aromatic rings. The molecule has 0 spiro atoms. The maximum atomic E-state index is 13.2. The molecule has 0 bridgehead atoms. The Balaban J connectivity index is 2.36. The van der Waals surface area contributed by atoms with Crippen molar-refractivity contribution < 1.29 is 9.53 Å². The fourth-order valence-electron chi connectivity index (χ4n) is 2.40. The Kier molecular flexibility index (Phi) is 6.70. The van der Waals surface area contributed by atoms with Gasteiger partial charge in [0.05, 0.1) is 36.3 Å². The van der Waals surface area contributed by atoms with E-state index in [1.807, 2.05) is 25.9 Å². The van der Waals surface area contributed by atoms with Crippen molar-refractivity contribution in [1.29, 1.82) is 0 Å². The summed E-state index contributed by atoms with van der Waals surface area (Å²) in [6.07, 6.45) is 1.62. The highest BCUT2D eigenvalue weighted by atomic mass is 35.5. The largest absolute Gasteiger partial charge is 0.494 e. The van der Waals surface area contributed by atoms with Crippen LogP contribution >= 0.6 is 23.2 Å². The molecule has 0 saturated carbocycles. The van der Waals surface area contributed by atoms with Crippen LogP contribution in [0.2, 0.25) is 10.0 Å². The Morgan fingerprint density at radius 3 is 2.56 bits per heavy atom. The molecule has 0 aliphatic rings. The maximum Gasteiger partial charge on any atom is 0.258 e. The van der Waals surface area contributed by atoms with Gasteiger partial charge in [0.15, 0.2) is 0 Å². The minimum absolute atomic E-state index is 0.203. The van der Waals surface area contributed by atoms with Gasteiger partial charge in [-0.25, -0.2) is 4.98 Å². The van der Waals surface area contributed by atoms with E-state index in [0.29, 0.717) is 41.0 Å². The Bertz CT molecular complexity index is 746. The molecule has 1 aromatic carbocycles. The van der Waals surface area contributed by atoms with Crippen molar-refractivity contribution in [2.45, 2.75) is 13.5 Å². The molecule has 0 aliphatic carbocycles. The number of likely N-dealkylation sites (N-methyl/N-ethyl adjacent to an activating group) is 1. The van der Waals surface area contributed by atoms with Gasteiger partial charge >= 0.3 is 0 Å². The fourth-order valence-corrected chi connectivity index (χ4v) is 2.97. The van der Waals surface area contributed by atoms with Gasteiger partial charge in [-0.2, -0.15) is 0 Å². The predicted molar refractivity (Wildman–Crippen MR) is 99.6 cm³/mol. The number of aromatic amines is 1. The van der Waals surface area contributed by atoms with Crippen molar-refractivity contribution in [3.05, 3.63) is 45.5 Å². The number of methoxy groups -OCH3 is 1. The van der Waals surface area contributed by atoms with Crippen LogP contribution in [0.25, 0.3) is 0 Å². The van der Waals surface area contributed by atoms with Crippen molar-refractivity contribution >= 4 is 29.1 Å². The number of nitrogens with zero attached hydrogens (tertiary/aromatic N) is 3. The van der Waals surface area contributed by atoms with Crippen molar-refractivity contribution in [2.24, 2.45) is 0 Å². The zero-order chi connectivity index (χ0) is 18.6. The predicted octanol–water partition coefficient (Wildman–Crippen LogP) is 3.24. The van der Waals surface area contributed by atoms with Crippen molar-refractivity contribution in [1.82, 2.24) is 19.8 Å². The van der Waals surface area contributed by atoms with Gasteiger partial charge in [-0.05, 0) is 33.2 Å². The van der Waals surface area contributed by atoms with Crippen molar-refractivity contribution in [3.8, 4) is 5.75 Å². The molecule has 1 amide bonds. The molecule has 6 nitrogen and oxygen atoms in total. The lowest BCUT2D eigenvalue weighted by atomic mass is 10.1. The van der Waals surface area contributed by atoms with Crippen LogP contribution < -0.4 is 4.74 Å². The molecule has 0 atom stereocenters. The van der Waals surface area contributed by atoms with Crippen LogP contribution in [-0.2, 0) is 6.54 Å². The molecule has 25 heavy (non-hydrogen) atoms. The smallest absolute Gasteiger partial charge is 0.258 e. The average molecular weight is 385 g/mol. The van der Waals surface area contributed by atoms with Crippen LogP contribution in [0.1, 0.15) is 21.7 Å². The number of halogens is 2. The highest BCUT2D eigenvalue weighted by molar-refractivity contribution is 6.36. The molecular weight excluding hydrogens is 363 g/mol. The van der Waals surface area contributed by atoms with E-state index in [1.165, 1.54) is 7.11 Å². The van der Waals surface area contributed by atoms with Crippen molar-refractivity contribution in [3.63, 3.8) is 0 Å². The summed E-state index contributed by atoms with van der Waals surface area (Å²) < 4.78 is 5.32. The highest BCUT2D eigenvalue weighted by Gasteiger charge is 2.23. The number of aryl methyl sites for hydroxylation is 1. The van der Waals surface area contributed by atoms with Crippen LogP contribution in [0.4, 0.5) is 0 Å². The van der Waals surface area contributed by atoms with Gasteiger partial charge in [0, 0.05) is 23.8 Å². The summed E-state index contributed by atoms with van der Waals surface area (Å²) in [6.45, 7) is 3.56. The molecule has 1 aromatic heterocycles. The fraction of sp³-hybridized carbons (Fsp3) is 0.412. The number of imidazole rings is 1. The quantitative estimate of drug-likeness (QED) is 0.795. The Labute approximate surface area is 157 Å². The minimum atomic E-state index is -0.203. The highest BCUT2D eigenvalue weighted by Crippen LogP contribution is 2.33. The van der Waals surface area contributed by atoms with Gasteiger partial charge < -0.3 is 19.5 Å². The first kappa shape index (κ1) is 19.6. The Hall–Kier alpha value is -1.76. The van der Waals surface area contributed by atoms with Crippen molar-refractivity contribution in [2.75, 3.05) is 34.3 Å². The molecule has 1 heterocycles. The molecule has 8 heteroatoms. The van der Waals surface area contributed by atoms with Gasteiger partial charge in [0.2, 0.25) is 0 Å². The lowest BCUT2D eigenvalue weighted by Crippen LogP contribution is -2.36. The molecule has 0 unspecified atom stereocenters. The first-order chi connectivity index (χ1) is 11.8. The van der Waals surface area contributed by atoms with E-state index < -0.39 is 0 Å². The summed E-state index contributed by atoms with van der Waals surface area (Å²) in [4.78, 5) is 24.2. The third kappa shape index (κ3) is 4.87. The maximum absolute atomic E-state index is 13.2. The van der Waals surface area contributed by atoms with Gasteiger partial charge in [-0.1, -0.05) is 23.2 Å². The first-order valence-electron chi connectivity index (χ1n) is 7.79. The zero-order valence-corrected chi connectivity index (χ0v) is 16.3. The van der Waals surface area contributed by atoms with E-state index in [1.54, 1.807) is 23.4 Å². The van der Waals surface area contributed by atoms with E-state index in [-0.39, 0.29) is 5.91 Å². The standard InChI is InChI=1S/C17H22Cl2N4O2/c1-11-15(21-10-20-11)9-23(6-5-22(2)3)17(24)13-7-12(18)8-14(19)16(13)25-4/h7-8,10H,5-6,9H2,1-4H3,(H,20,21). The van der Waals surface area contributed by atoms with E-state index in [0.717, 1.165) is 11.4 Å². The Morgan fingerprint density at radius 1 is 1.28 bits per heavy atom. The summed E-state index contributed by atoms with van der Waals surface area (Å²) in [7, 11) is 5.40. The molecule has 2 rings (SSSR count). The van der Waals surface area contributed by atoms with Gasteiger partial charge in [-0.3, -0.25) is 4.79 Å². The van der Waals surface area contributed by atoms with Crippen LogP contribution in [-0.4, -0.2) is 60.0 Å². The number of hydrogen-bond donors (Lipinski definition) is 1. The molecular formula is C17H22Cl2N4O2. The number of H-pyrrole nitrogens is 1. The van der Waals surface area contributed by atoms with Gasteiger partial charge in [0.1, 0.15) is 5.75 Å².